The van der Waals surface area contributed by atoms with Gasteiger partial charge in [0.15, 0.2) is 11.0 Å². The summed E-state index contributed by atoms with van der Waals surface area (Å²) in [6, 6.07) is 13.8. The normalized spacial score (nSPS) is 12.8. The van der Waals surface area contributed by atoms with Crippen LogP contribution in [0.4, 0.5) is 0 Å². The summed E-state index contributed by atoms with van der Waals surface area (Å²) in [4.78, 5) is 0.158. The maximum atomic E-state index is 12.7. The van der Waals surface area contributed by atoms with E-state index in [4.69, 9.17) is 11.6 Å². The number of aromatic nitrogens is 3. The van der Waals surface area contributed by atoms with Crippen molar-refractivity contribution in [1.29, 1.82) is 0 Å². The Kier molecular flexibility index (Phi) is 7.00. The Labute approximate surface area is 180 Å². The molecule has 0 aliphatic carbocycles. The summed E-state index contributed by atoms with van der Waals surface area (Å²) in [5.41, 5.74) is 2.42. The molecule has 1 N–H and O–H groups in total. The van der Waals surface area contributed by atoms with Crippen molar-refractivity contribution in [2.45, 2.75) is 49.2 Å². The third kappa shape index (κ3) is 5.39. The summed E-state index contributed by atoms with van der Waals surface area (Å²) in [7, 11) is -3.70. The van der Waals surface area contributed by atoms with Crippen LogP contribution in [-0.2, 0) is 22.3 Å². The van der Waals surface area contributed by atoms with Crippen molar-refractivity contribution >= 4 is 33.4 Å². The summed E-state index contributed by atoms with van der Waals surface area (Å²) < 4.78 is 29.9. The molecule has 0 fully saturated rings. The molecule has 0 spiro atoms. The smallest absolute Gasteiger partial charge is 0.241 e. The van der Waals surface area contributed by atoms with Crippen LogP contribution >= 0.6 is 23.4 Å². The van der Waals surface area contributed by atoms with Gasteiger partial charge in [-0.2, -0.15) is 0 Å². The molecule has 1 atom stereocenters. The highest BCUT2D eigenvalue weighted by molar-refractivity contribution is 7.98. The van der Waals surface area contributed by atoms with Crippen LogP contribution < -0.4 is 4.72 Å². The largest absolute Gasteiger partial charge is 0.305 e. The summed E-state index contributed by atoms with van der Waals surface area (Å²) >= 11 is 7.43. The van der Waals surface area contributed by atoms with Gasteiger partial charge in [0, 0.05) is 17.3 Å². The standard InChI is InChI=1S/C20H23ClN4O2S2/c1-4-25-19(15(3)24-29(26,27)18-10-8-17(21)9-11-18)22-23-20(25)28-13-16-7-5-6-14(2)12-16/h5-12,15,24H,4,13H2,1-3H3/t15-/m1/s1. The van der Waals surface area contributed by atoms with E-state index >= 15 is 0 Å². The molecule has 0 unspecified atom stereocenters. The van der Waals surface area contributed by atoms with Crippen molar-refractivity contribution in [3.63, 3.8) is 0 Å². The molecule has 0 saturated carbocycles. The Balaban J connectivity index is 1.75. The average Bonchev–Trinajstić information content (AvgIpc) is 3.09. The van der Waals surface area contributed by atoms with Gasteiger partial charge in [-0.15, -0.1) is 10.2 Å². The minimum Gasteiger partial charge on any atom is -0.305 e. The lowest BCUT2D eigenvalue weighted by molar-refractivity contribution is 0.539. The molecule has 2 aromatic carbocycles. The number of halogens is 1. The summed E-state index contributed by atoms with van der Waals surface area (Å²) in [6.07, 6.45) is 0. The van der Waals surface area contributed by atoms with Crippen LogP contribution in [0.15, 0.2) is 58.6 Å². The van der Waals surface area contributed by atoms with Crippen molar-refractivity contribution in [2.75, 3.05) is 0 Å². The molecule has 0 aliphatic rings. The number of sulfonamides is 1. The Morgan fingerprint density at radius 1 is 1.17 bits per heavy atom. The molecule has 154 valence electrons. The number of thioether (sulfide) groups is 1. The molecule has 1 heterocycles. The first-order valence-electron chi connectivity index (χ1n) is 9.19. The van der Waals surface area contributed by atoms with Crippen molar-refractivity contribution in [3.05, 3.63) is 70.5 Å². The van der Waals surface area contributed by atoms with E-state index in [1.807, 2.05) is 17.6 Å². The monoisotopic (exact) mass is 450 g/mol. The molecule has 3 aromatic rings. The van der Waals surface area contributed by atoms with Crippen LogP contribution in [0, 0.1) is 6.92 Å². The van der Waals surface area contributed by atoms with Crippen molar-refractivity contribution in [2.24, 2.45) is 0 Å². The topological polar surface area (TPSA) is 76.9 Å². The zero-order valence-electron chi connectivity index (χ0n) is 16.5. The Morgan fingerprint density at radius 2 is 1.90 bits per heavy atom. The molecule has 0 amide bonds. The molecule has 0 radical (unpaired) electrons. The minimum atomic E-state index is -3.70. The zero-order chi connectivity index (χ0) is 21.0. The van der Waals surface area contributed by atoms with Crippen molar-refractivity contribution < 1.29 is 8.42 Å². The lowest BCUT2D eigenvalue weighted by atomic mass is 10.2. The molecule has 6 nitrogen and oxygen atoms in total. The van der Waals surface area contributed by atoms with E-state index in [0.29, 0.717) is 17.4 Å². The lowest BCUT2D eigenvalue weighted by Gasteiger charge is -2.15. The summed E-state index contributed by atoms with van der Waals surface area (Å²) in [5.74, 6) is 1.35. The minimum absolute atomic E-state index is 0.158. The highest BCUT2D eigenvalue weighted by atomic mass is 35.5. The number of hydrogen-bond acceptors (Lipinski definition) is 5. The Bertz CT molecular complexity index is 1080. The van der Waals surface area contributed by atoms with Gasteiger partial charge in [0.1, 0.15) is 0 Å². The SMILES string of the molecule is CCn1c(SCc2cccc(C)c2)nnc1[C@@H](C)NS(=O)(=O)c1ccc(Cl)cc1. The first-order valence-corrected chi connectivity index (χ1v) is 12.0. The van der Waals surface area contributed by atoms with Crippen LogP contribution in [-0.4, -0.2) is 23.2 Å². The number of nitrogens with one attached hydrogen (secondary N) is 1. The number of aryl methyl sites for hydroxylation is 1. The molecule has 0 bridgehead atoms. The van der Waals surface area contributed by atoms with Crippen LogP contribution in [0.5, 0.6) is 0 Å². The quantitative estimate of drug-likeness (QED) is 0.508. The predicted molar refractivity (Wildman–Crippen MR) is 117 cm³/mol. The second kappa shape index (κ2) is 9.30. The van der Waals surface area contributed by atoms with E-state index in [1.54, 1.807) is 30.8 Å². The van der Waals surface area contributed by atoms with Crippen LogP contribution in [0.2, 0.25) is 5.02 Å². The van der Waals surface area contributed by atoms with Crippen molar-refractivity contribution in [1.82, 2.24) is 19.5 Å². The van der Waals surface area contributed by atoms with Gasteiger partial charge in [0.25, 0.3) is 0 Å². The molecular formula is C20H23ClN4O2S2. The van der Waals surface area contributed by atoms with E-state index in [9.17, 15) is 8.42 Å². The zero-order valence-corrected chi connectivity index (χ0v) is 18.9. The van der Waals surface area contributed by atoms with Gasteiger partial charge in [-0.1, -0.05) is 53.2 Å². The maximum Gasteiger partial charge on any atom is 0.241 e. The second-order valence-electron chi connectivity index (χ2n) is 6.66. The average molecular weight is 451 g/mol. The third-order valence-electron chi connectivity index (χ3n) is 4.36. The molecule has 29 heavy (non-hydrogen) atoms. The van der Waals surface area contributed by atoms with E-state index in [2.05, 4.69) is 40.0 Å². The number of rotatable bonds is 8. The van der Waals surface area contributed by atoms with E-state index in [1.165, 1.54) is 23.3 Å². The molecule has 9 heteroatoms. The predicted octanol–water partition coefficient (Wildman–Crippen LogP) is 4.59. The van der Waals surface area contributed by atoms with Crippen LogP contribution in [0.1, 0.15) is 36.8 Å². The highest BCUT2D eigenvalue weighted by Gasteiger charge is 2.23. The van der Waals surface area contributed by atoms with Crippen molar-refractivity contribution in [3.8, 4) is 0 Å². The van der Waals surface area contributed by atoms with Crippen LogP contribution in [0.25, 0.3) is 0 Å². The van der Waals surface area contributed by atoms with E-state index in [-0.39, 0.29) is 4.90 Å². The fourth-order valence-electron chi connectivity index (χ4n) is 2.94. The van der Waals surface area contributed by atoms with Gasteiger partial charge in [0.2, 0.25) is 10.0 Å². The second-order valence-corrected chi connectivity index (χ2v) is 9.75. The van der Waals surface area contributed by atoms with Gasteiger partial charge in [-0.05, 0) is 50.6 Å². The molecule has 0 saturated heterocycles. The van der Waals surface area contributed by atoms with E-state index < -0.39 is 16.1 Å². The summed E-state index contributed by atoms with van der Waals surface area (Å²) in [6.45, 7) is 6.46. The number of hydrogen-bond donors (Lipinski definition) is 1. The van der Waals surface area contributed by atoms with Gasteiger partial charge in [-0.25, -0.2) is 13.1 Å². The molecule has 0 aliphatic heterocycles. The van der Waals surface area contributed by atoms with Gasteiger partial charge in [0.05, 0.1) is 10.9 Å². The Morgan fingerprint density at radius 3 is 2.55 bits per heavy atom. The first kappa shape index (κ1) is 21.8. The molecular weight excluding hydrogens is 428 g/mol. The lowest BCUT2D eigenvalue weighted by Crippen LogP contribution is -2.29. The molecule has 3 rings (SSSR count). The molecule has 1 aromatic heterocycles. The number of benzene rings is 2. The number of nitrogens with zero attached hydrogens (tertiary/aromatic N) is 3. The van der Waals surface area contributed by atoms with Crippen LogP contribution in [0.3, 0.4) is 0 Å². The maximum absolute atomic E-state index is 12.7. The van der Waals surface area contributed by atoms with E-state index in [0.717, 1.165) is 10.9 Å². The first-order chi connectivity index (χ1) is 13.8. The van der Waals surface area contributed by atoms with Gasteiger partial charge in [-0.3, -0.25) is 0 Å². The van der Waals surface area contributed by atoms with Gasteiger partial charge >= 0.3 is 0 Å². The fourth-order valence-corrected chi connectivity index (χ4v) is 5.22. The third-order valence-corrected chi connectivity index (χ3v) is 7.20. The summed E-state index contributed by atoms with van der Waals surface area (Å²) in [5, 5.41) is 9.79. The van der Waals surface area contributed by atoms with Gasteiger partial charge < -0.3 is 4.57 Å². The highest BCUT2D eigenvalue weighted by Crippen LogP contribution is 2.25. The fraction of sp³-hybridized carbons (Fsp3) is 0.300. The Hall–Kier alpha value is -1.87.